The topological polar surface area (TPSA) is 89.3 Å². The van der Waals surface area contributed by atoms with Crippen molar-refractivity contribution in [3.05, 3.63) is 89.6 Å². The summed E-state index contributed by atoms with van der Waals surface area (Å²) in [6.07, 6.45) is 3.06. The van der Waals surface area contributed by atoms with E-state index in [4.69, 9.17) is 0 Å². The van der Waals surface area contributed by atoms with Gasteiger partial charge in [0.05, 0.1) is 9.79 Å². The fourth-order valence-corrected chi connectivity index (χ4v) is 5.29. The van der Waals surface area contributed by atoms with E-state index < -0.39 is 21.6 Å². The number of halogens is 1. The number of carboxylic acid groups (broad SMARTS) is 1. The summed E-state index contributed by atoms with van der Waals surface area (Å²) in [4.78, 5) is 15.7. The maximum absolute atomic E-state index is 14.0. The number of carboxylic acids is 1. The number of fused-ring (bicyclic) bond motifs is 1. The van der Waals surface area contributed by atoms with Crippen LogP contribution in [0.5, 0.6) is 0 Å². The molecule has 31 heavy (non-hydrogen) atoms. The van der Waals surface area contributed by atoms with Crippen LogP contribution in [-0.2, 0) is 27.6 Å². The van der Waals surface area contributed by atoms with Crippen LogP contribution in [0.2, 0.25) is 0 Å². The minimum atomic E-state index is -3.79. The van der Waals surface area contributed by atoms with Crippen molar-refractivity contribution in [3.63, 3.8) is 0 Å². The van der Waals surface area contributed by atoms with Crippen molar-refractivity contribution in [2.24, 2.45) is 0 Å². The van der Waals surface area contributed by atoms with E-state index in [1.54, 1.807) is 29.7 Å². The van der Waals surface area contributed by atoms with Gasteiger partial charge in [0.15, 0.2) is 0 Å². The Kier molecular flexibility index (Phi) is 5.32. The largest absolute Gasteiger partial charge is 0.480 e. The molecule has 0 saturated heterocycles. The van der Waals surface area contributed by atoms with Crippen LogP contribution >= 0.6 is 0 Å². The molecule has 0 aliphatic heterocycles. The van der Waals surface area contributed by atoms with Gasteiger partial charge >= 0.3 is 5.97 Å². The van der Waals surface area contributed by atoms with E-state index in [0.717, 1.165) is 0 Å². The summed E-state index contributed by atoms with van der Waals surface area (Å²) in [6.45, 7) is 1.47. The van der Waals surface area contributed by atoms with Crippen LogP contribution in [0.3, 0.4) is 0 Å². The molecule has 8 heteroatoms. The highest BCUT2D eigenvalue weighted by Gasteiger charge is 2.23. The van der Waals surface area contributed by atoms with Crippen LogP contribution in [0.15, 0.2) is 76.8 Å². The zero-order valence-corrected chi connectivity index (χ0v) is 17.4. The third kappa shape index (κ3) is 3.82. The summed E-state index contributed by atoms with van der Waals surface area (Å²) in [5, 5.41) is 9.84. The molecule has 0 radical (unpaired) electrons. The maximum atomic E-state index is 14.0. The lowest BCUT2D eigenvalue weighted by Crippen LogP contribution is -2.10. The molecule has 6 nitrogen and oxygen atoms in total. The van der Waals surface area contributed by atoms with E-state index in [-0.39, 0.29) is 22.8 Å². The van der Waals surface area contributed by atoms with E-state index in [1.807, 2.05) is 0 Å². The normalized spacial score (nSPS) is 11.7. The van der Waals surface area contributed by atoms with Crippen LogP contribution in [0.4, 0.5) is 4.39 Å². The monoisotopic (exact) mass is 438 g/mol. The van der Waals surface area contributed by atoms with Crippen LogP contribution in [-0.4, -0.2) is 29.0 Å². The van der Waals surface area contributed by atoms with Gasteiger partial charge in [-0.25, -0.2) is 12.8 Å². The first kappa shape index (κ1) is 20.7. The Morgan fingerprint density at radius 2 is 1.87 bits per heavy atom. The van der Waals surface area contributed by atoms with Gasteiger partial charge in [-0.1, -0.05) is 18.2 Å². The fraction of sp³-hybridized carbons (Fsp3) is 0.130. The van der Waals surface area contributed by atoms with Crippen LogP contribution in [0, 0.1) is 12.7 Å². The summed E-state index contributed by atoms with van der Waals surface area (Å²) in [5.74, 6) is -1.48. The van der Waals surface area contributed by atoms with Crippen molar-refractivity contribution in [3.8, 4) is 0 Å². The third-order valence-corrected chi connectivity index (χ3v) is 7.15. The first-order valence-corrected chi connectivity index (χ1v) is 11.0. The Balaban J connectivity index is 1.88. The van der Waals surface area contributed by atoms with Crippen LogP contribution < -0.4 is 0 Å². The number of nitrogens with zero attached hydrogens (tertiary/aromatic N) is 2. The number of benzene rings is 2. The smallest absolute Gasteiger partial charge is 0.323 e. The van der Waals surface area contributed by atoms with Gasteiger partial charge in [-0.2, -0.15) is 0 Å². The second kappa shape index (κ2) is 7.96. The highest BCUT2D eigenvalue weighted by atomic mass is 32.2. The van der Waals surface area contributed by atoms with E-state index in [0.29, 0.717) is 27.7 Å². The molecule has 2 aromatic heterocycles. The molecule has 0 unspecified atom stereocenters. The average molecular weight is 438 g/mol. The lowest BCUT2D eigenvalue weighted by atomic mass is 10.0. The Bertz CT molecular complexity index is 1400. The van der Waals surface area contributed by atoms with Crippen molar-refractivity contribution in [1.29, 1.82) is 0 Å². The molecule has 0 saturated carbocycles. The van der Waals surface area contributed by atoms with Crippen LogP contribution in [0.25, 0.3) is 10.9 Å². The van der Waals surface area contributed by atoms with E-state index in [9.17, 15) is 22.7 Å². The molecule has 4 rings (SSSR count). The number of hydrogen-bond acceptors (Lipinski definition) is 4. The zero-order chi connectivity index (χ0) is 22.2. The predicted molar refractivity (Wildman–Crippen MR) is 113 cm³/mol. The molecule has 0 aliphatic rings. The molecule has 4 aromatic rings. The summed E-state index contributed by atoms with van der Waals surface area (Å²) < 4.78 is 42.1. The SMILES string of the molecule is Cc1c(Cc2cnccc2S(=O)(=O)c2ccccc2)c2cc(F)ccc2n1CC(=O)O. The number of aliphatic carboxylic acids is 1. The Hall–Kier alpha value is -3.52. The molecule has 2 heterocycles. The summed E-state index contributed by atoms with van der Waals surface area (Å²) in [6, 6.07) is 13.7. The molecule has 0 amide bonds. The van der Waals surface area contributed by atoms with Gasteiger partial charge in [0.2, 0.25) is 9.84 Å². The van der Waals surface area contributed by atoms with Crippen molar-refractivity contribution >= 4 is 26.7 Å². The average Bonchev–Trinajstić information content (AvgIpc) is 2.99. The molecule has 0 fully saturated rings. The molecule has 0 aliphatic carbocycles. The Labute approximate surface area is 178 Å². The van der Waals surface area contributed by atoms with Crippen molar-refractivity contribution in [2.45, 2.75) is 29.7 Å². The maximum Gasteiger partial charge on any atom is 0.323 e. The predicted octanol–water partition coefficient (Wildman–Crippen LogP) is 3.99. The summed E-state index contributed by atoms with van der Waals surface area (Å²) in [5.41, 5.74) is 2.32. The van der Waals surface area contributed by atoms with Gasteiger partial charge in [-0.05, 0) is 54.4 Å². The van der Waals surface area contributed by atoms with Crippen molar-refractivity contribution in [1.82, 2.24) is 9.55 Å². The van der Waals surface area contributed by atoms with Gasteiger partial charge in [0.25, 0.3) is 0 Å². The number of sulfone groups is 1. The van der Waals surface area contributed by atoms with Crippen molar-refractivity contribution in [2.75, 3.05) is 0 Å². The van der Waals surface area contributed by atoms with Gasteiger partial charge < -0.3 is 9.67 Å². The van der Waals surface area contributed by atoms with Gasteiger partial charge in [-0.15, -0.1) is 0 Å². The minimum Gasteiger partial charge on any atom is -0.480 e. The van der Waals surface area contributed by atoms with Gasteiger partial charge in [0.1, 0.15) is 12.4 Å². The van der Waals surface area contributed by atoms with E-state index in [2.05, 4.69) is 4.98 Å². The lowest BCUT2D eigenvalue weighted by molar-refractivity contribution is -0.137. The minimum absolute atomic E-state index is 0.114. The molecule has 0 spiro atoms. The van der Waals surface area contributed by atoms with E-state index in [1.165, 1.54) is 48.8 Å². The summed E-state index contributed by atoms with van der Waals surface area (Å²) in [7, 11) is -3.79. The first-order valence-electron chi connectivity index (χ1n) is 9.51. The molecular formula is C23H19FN2O4S. The molecule has 1 N–H and O–H groups in total. The van der Waals surface area contributed by atoms with E-state index >= 15 is 0 Å². The highest BCUT2D eigenvalue weighted by molar-refractivity contribution is 7.91. The second-order valence-corrected chi connectivity index (χ2v) is 9.10. The molecule has 158 valence electrons. The molecule has 0 bridgehead atoms. The second-order valence-electron chi connectivity index (χ2n) is 7.18. The number of carbonyl (C=O) groups is 1. The van der Waals surface area contributed by atoms with Gasteiger partial charge in [0, 0.05) is 35.4 Å². The van der Waals surface area contributed by atoms with Crippen LogP contribution in [0.1, 0.15) is 16.8 Å². The zero-order valence-electron chi connectivity index (χ0n) is 16.6. The number of aromatic nitrogens is 2. The fourth-order valence-electron chi connectivity index (χ4n) is 3.81. The highest BCUT2D eigenvalue weighted by Crippen LogP contribution is 2.31. The Morgan fingerprint density at radius 1 is 1.13 bits per heavy atom. The Morgan fingerprint density at radius 3 is 2.58 bits per heavy atom. The third-order valence-electron chi connectivity index (χ3n) is 5.28. The summed E-state index contributed by atoms with van der Waals surface area (Å²) >= 11 is 0. The lowest BCUT2D eigenvalue weighted by Gasteiger charge is -2.11. The molecule has 2 aromatic carbocycles. The standard InChI is InChI=1S/C23H19FN2O4S/c1-15-19(20-12-17(24)7-8-21(20)26(15)14-23(27)28)11-16-13-25-10-9-22(16)31(29,30)18-5-3-2-4-6-18/h2-10,12-13H,11,14H2,1H3,(H,27,28). The quantitative estimate of drug-likeness (QED) is 0.492. The number of hydrogen-bond donors (Lipinski definition) is 1. The van der Waals surface area contributed by atoms with Crippen molar-refractivity contribution < 1.29 is 22.7 Å². The first-order chi connectivity index (χ1) is 14.8. The molecular weight excluding hydrogens is 419 g/mol. The number of pyridine rings is 1. The number of rotatable bonds is 6. The van der Waals surface area contributed by atoms with Gasteiger partial charge in [-0.3, -0.25) is 9.78 Å². The molecule has 0 atom stereocenters.